The van der Waals surface area contributed by atoms with E-state index in [9.17, 15) is 9.59 Å². The molecule has 1 saturated heterocycles. The molecule has 3 aliphatic rings. The van der Waals surface area contributed by atoms with Crippen molar-refractivity contribution < 1.29 is 42.7 Å². The second-order valence-electron chi connectivity index (χ2n) is 12.4. The Morgan fingerprint density at radius 1 is 0.935 bits per heavy atom. The van der Waals surface area contributed by atoms with Gasteiger partial charge in [0.2, 0.25) is 5.75 Å². The third kappa shape index (κ3) is 5.75. The van der Waals surface area contributed by atoms with E-state index in [2.05, 4.69) is 16.0 Å². The molecule has 0 spiro atoms. The number of benzene rings is 2. The average molecular weight is 637 g/mol. The fourth-order valence-corrected chi connectivity index (χ4v) is 8.11. The van der Waals surface area contributed by atoms with Crippen molar-refractivity contribution in [3.63, 3.8) is 0 Å². The average Bonchev–Trinajstić information content (AvgIpc) is 3.46. The largest absolute Gasteiger partial charge is 0.497 e. The van der Waals surface area contributed by atoms with Gasteiger partial charge in [-0.2, -0.15) is 0 Å². The van der Waals surface area contributed by atoms with E-state index in [0.717, 1.165) is 42.8 Å². The number of nitrogens with zero attached hydrogens (tertiary/aromatic N) is 1. The number of aryl methyl sites for hydroxylation is 1. The van der Waals surface area contributed by atoms with Crippen LogP contribution in [0.25, 0.3) is 10.9 Å². The Morgan fingerprint density at radius 3 is 2.35 bits per heavy atom. The van der Waals surface area contributed by atoms with E-state index in [-0.39, 0.29) is 36.2 Å². The number of fused-ring (bicyclic) bond motifs is 6. The van der Waals surface area contributed by atoms with E-state index < -0.39 is 18.1 Å². The normalized spacial score (nSPS) is 25.5. The fraction of sp³-hybridized carbons (Fsp3) is 0.543. The van der Waals surface area contributed by atoms with Crippen LogP contribution in [0.15, 0.2) is 30.3 Å². The maximum absolute atomic E-state index is 13.4. The highest BCUT2D eigenvalue weighted by molar-refractivity contribution is 5.86. The van der Waals surface area contributed by atoms with Crippen molar-refractivity contribution in [3.05, 3.63) is 47.2 Å². The molecule has 2 aromatic carbocycles. The summed E-state index contributed by atoms with van der Waals surface area (Å²) in [5.74, 6) is 1.28. The predicted octanol–water partition coefficient (Wildman–Crippen LogP) is 4.49. The van der Waals surface area contributed by atoms with Crippen molar-refractivity contribution in [3.8, 4) is 23.0 Å². The number of hydrogen-bond donors (Lipinski definition) is 1. The molecule has 1 aromatic heterocycles. The van der Waals surface area contributed by atoms with Crippen LogP contribution in [0.1, 0.15) is 42.1 Å². The molecule has 11 nitrogen and oxygen atoms in total. The molecule has 248 valence electrons. The van der Waals surface area contributed by atoms with Crippen LogP contribution in [0.5, 0.6) is 23.0 Å². The standard InChI is InChI=1S/C35H44N2O9/c1-40-21-8-9-22-23-11-12-37-18-20-15-29(46-30(38)10-7-19-13-27(41-2)33(43-4)28(14-19)42-3)34(44-5)31(35(39)45-6)24(20)17-26(37)32(23)36-25(22)16-21/h8-9,13-14,16,20,24,26,29,31,34,36H,7,10-12,15,17-18H2,1-6H3/t20-,24+,26-,29+,31+,34-/m1/s1. The molecule has 1 N–H and O–H groups in total. The molecule has 1 saturated carbocycles. The number of ether oxygens (including phenoxy) is 7. The Morgan fingerprint density at radius 2 is 1.70 bits per heavy atom. The zero-order valence-electron chi connectivity index (χ0n) is 27.4. The van der Waals surface area contributed by atoms with E-state index in [1.165, 1.54) is 23.8 Å². The number of esters is 2. The molecule has 3 aromatic rings. The lowest BCUT2D eigenvalue weighted by atomic mass is 9.63. The number of hydrogen-bond acceptors (Lipinski definition) is 10. The van der Waals surface area contributed by atoms with Crippen molar-refractivity contribution in [2.24, 2.45) is 17.8 Å². The van der Waals surface area contributed by atoms with Gasteiger partial charge in [-0.05, 0) is 72.9 Å². The highest BCUT2D eigenvalue weighted by Gasteiger charge is 2.54. The van der Waals surface area contributed by atoms with Crippen LogP contribution in [0.2, 0.25) is 0 Å². The van der Waals surface area contributed by atoms with Gasteiger partial charge < -0.3 is 38.1 Å². The molecule has 0 bridgehead atoms. The summed E-state index contributed by atoms with van der Waals surface area (Å²) in [5.41, 5.74) is 4.47. The Bertz CT molecular complexity index is 1560. The van der Waals surface area contributed by atoms with Crippen LogP contribution < -0.4 is 18.9 Å². The van der Waals surface area contributed by atoms with E-state index >= 15 is 0 Å². The van der Waals surface area contributed by atoms with Crippen LogP contribution in [0.4, 0.5) is 0 Å². The summed E-state index contributed by atoms with van der Waals surface area (Å²) in [6, 6.07) is 9.98. The summed E-state index contributed by atoms with van der Waals surface area (Å²) in [5, 5.41) is 1.22. The number of methoxy groups -OCH3 is 6. The zero-order valence-corrected chi connectivity index (χ0v) is 27.4. The minimum Gasteiger partial charge on any atom is -0.497 e. The highest BCUT2D eigenvalue weighted by Crippen LogP contribution is 2.50. The molecular weight excluding hydrogens is 592 g/mol. The first-order valence-electron chi connectivity index (χ1n) is 15.8. The minimum atomic E-state index is -0.611. The monoisotopic (exact) mass is 636 g/mol. The number of rotatable bonds is 10. The number of H-pyrrole nitrogens is 1. The number of aromatic nitrogens is 1. The van der Waals surface area contributed by atoms with Crippen molar-refractivity contribution in [1.29, 1.82) is 0 Å². The molecule has 6 rings (SSSR count). The summed E-state index contributed by atoms with van der Waals surface area (Å²) < 4.78 is 39.2. The number of carbonyl (C=O) groups is 2. The van der Waals surface area contributed by atoms with Gasteiger partial charge in [0.05, 0.1) is 47.5 Å². The molecule has 3 heterocycles. The molecule has 2 fully saturated rings. The van der Waals surface area contributed by atoms with Crippen molar-refractivity contribution in [2.75, 3.05) is 55.7 Å². The van der Waals surface area contributed by atoms with Gasteiger partial charge in [0.15, 0.2) is 11.5 Å². The van der Waals surface area contributed by atoms with Crippen molar-refractivity contribution in [1.82, 2.24) is 9.88 Å². The molecule has 46 heavy (non-hydrogen) atoms. The van der Waals surface area contributed by atoms with Crippen LogP contribution in [0, 0.1) is 17.8 Å². The predicted molar refractivity (Wildman–Crippen MR) is 170 cm³/mol. The first-order valence-corrected chi connectivity index (χ1v) is 15.8. The first kappa shape index (κ1) is 32.0. The quantitative estimate of drug-likeness (QED) is 0.319. The van der Waals surface area contributed by atoms with Gasteiger partial charge >= 0.3 is 11.9 Å². The fourth-order valence-electron chi connectivity index (χ4n) is 8.11. The van der Waals surface area contributed by atoms with Crippen LogP contribution >= 0.6 is 0 Å². The van der Waals surface area contributed by atoms with Crippen LogP contribution in [-0.2, 0) is 36.6 Å². The Labute approximate surface area is 269 Å². The Hall–Kier alpha value is -3.96. The second kappa shape index (κ2) is 13.4. The molecule has 11 heteroatoms. The van der Waals surface area contributed by atoms with E-state index in [1.54, 1.807) is 35.5 Å². The molecule has 0 unspecified atom stereocenters. The summed E-state index contributed by atoms with van der Waals surface area (Å²) in [7, 11) is 9.33. The lowest BCUT2D eigenvalue weighted by molar-refractivity contribution is -0.189. The zero-order chi connectivity index (χ0) is 32.5. The summed E-state index contributed by atoms with van der Waals surface area (Å²) in [6.07, 6.45) is 1.72. The Balaban J connectivity index is 1.20. The highest BCUT2D eigenvalue weighted by atomic mass is 16.6. The number of piperidine rings is 1. The van der Waals surface area contributed by atoms with Gasteiger partial charge in [-0.1, -0.05) is 0 Å². The summed E-state index contributed by atoms with van der Waals surface area (Å²) in [6.45, 7) is 1.73. The molecule has 6 atom stereocenters. The molecular formula is C35H44N2O9. The lowest BCUT2D eigenvalue weighted by Gasteiger charge is -2.52. The van der Waals surface area contributed by atoms with Gasteiger partial charge in [0.1, 0.15) is 18.0 Å². The number of carbonyl (C=O) groups excluding carboxylic acids is 2. The SMILES string of the molecule is COC(=O)[C@H]1[C@H]2C[C@@H]3c4[nH]c5cc(OC)ccc5c4CCN3C[C@H]2C[C@H](OC(=O)CCc2cc(OC)c(OC)c(OC)c2)[C@H]1OC. The van der Waals surface area contributed by atoms with Gasteiger partial charge in [-0.15, -0.1) is 0 Å². The maximum atomic E-state index is 13.4. The summed E-state index contributed by atoms with van der Waals surface area (Å²) >= 11 is 0. The minimum absolute atomic E-state index is 0.0136. The summed E-state index contributed by atoms with van der Waals surface area (Å²) in [4.78, 5) is 32.9. The number of nitrogens with one attached hydrogen (secondary N) is 1. The molecule has 0 amide bonds. The van der Waals surface area contributed by atoms with E-state index in [0.29, 0.717) is 30.1 Å². The van der Waals surface area contributed by atoms with E-state index in [1.807, 2.05) is 24.3 Å². The van der Waals surface area contributed by atoms with Crippen LogP contribution in [-0.4, -0.2) is 89.8 Å². The first-order chi connectivity index (χ1) is 22.3. The van der Waals surface area contributed by atoms with Gasteiger partial charge in [-0.3, -0.25) is 14.5 Å². The van der Waals surface area contributed by atoms with Crippen molar-refractivity contribution >= 4 is 22.8 Å². The van der Waals surface area contributed by atoms with Gasteiger partial charge in [0.25, 0.3) is 0 Å². The molecule has 2 aliphatic heterocycles. The lowest BCUT2D eigenvalue weighted by Crippen LogP contribution is -2.58. The third-order valence-corrected chi connectivity index (χ3v) is 10.2. The maximum Gasteiger partial charge on any atom is 0.311 e. The Kier molecular flexibility index (Phi) is 9.33. The van der Waals surface area contributed by atoms with E-state index in [4.69, 9.17) is 33.2 Å². The van der Waals surface area contributed by atoms with Crippen molar-refractivity contribution in [2.45, 2.75) is 50.4 Å². The van der Waals surface area contributed by atoms with Gasteiger partial charge in [0, 0.05) is 49.3 Å². The van der Waals surface area contributed by atoms with Crippen LogP contribution in [0.3, 0.4) is 0 Å². The second-order valence-corrected chi connectivity index (χ2v) is 12.4. The number of aromatic amines is 1. The third-order valence-electron chi connectivity index (χ3n) is 10.2. The molecule has 0 radical (unpaired) electrons. The topological polar surface area (TPSA) is 118 Å². The smallest absolute Gasteiger partial charge is 0.311 e. The molecule has 1 aliphatic carbocycles. The van der Waals surface area contributed by atoms with Gasteiger partial charge in [-0.25, -0.2) is 0 Å².